The zero-order chi connectivity index (χ0) is 22.5. The number of benzene rings is 1. The van der Waals surface area contributed by atoms with E-state index in [2.05, 4.69) is 10.3 Å². The Morgan fingerprint density at radius 3 is 2.52 bits per heavy atom. The summed E-state index contributed by atoms with van der Waals surface area (Å²) in [6.45, 7) is 6.89. The molecular formula is C22H28FN3O5. The Bertz CT molecular complexity index is 965. The Morgan fingerprint density at radius 2 is 1.87 bits per heavy atom. The molecule has 3 rings (SSSR count). The fourth-order valence-electron chi connectivity index (χ4n) is 3.83. The molecule has 9 heteroatoms. The molecule has 1 aromatic carbocycles. The number of esters is 2. The molecule has 1 aliphatic rings. The Labute approximate surface area is 180 Å². The van der Waals surface area contributed by atoms with Gasteiger partial charge in [-0.15, -0.1) is 0 Å². The summed E-state index contributed by atoms with van der Waals surface area (Å²) in [5.41, 5.74) is 0.790. The summed E-state index contributed by atoms with van der Waals surface area (Å²) in [6.07, 6.45) is 1.23. The largest absolute Gasteiger partial charge is 0.466 e. The van der Waals surface area contributed by atoms with Crippen LogP contribution in [0.3, 0.4) is 0 Å². The van der Waals surface area contributed by atoms with Crippen LogP contribution < -0.4 is 5.32 Å². The van der Waals surface area contributed by atoms with Crippen molar-refractivity contribution in [1.82, 2.24) is 9.88 Å². The Morgan fingerprint density at radius 1 is 1.19 bits per heavy atom. The molecule has 1 fully saturated rings. The maximum atomic E-state index is 13.8. The zero-order valence-corrected chi connectivity index (χ0v) is 18.0. The van der Waals surface area contributed by atoms with Crippen molar-refractivity contribution in [3.63, 3.8) is 0 Å². The molecule has 168 valence electrons. The number of fused-ring (bicyclic) bond motifs is 1. The normalized spacial score (nSPS) is 16.1. The number of amides is 1. The van der Waals surface area contributed by atoms with Crippen molar-refractivity contribution in [2.45, 2.75) is 39.7 Å². The molecule has 8 nitrogen and oxygen atoms in total. The van der Waals surface area contributed by atoms with Gasteiger partial charge in [-0.2, -0.15) is 0 Å². The number of aromatic nitrogens is 1. The van der Waals surface area contributed by atoms with Gasteiger partial charge in [0.25, 0.3) is 0 Å². The number of likely N-dealkylation sites (tertiary alicyclic amines) is 1. The topological polar surface area (TPSA) is 101 Å². The minimum Gasteiger partial charge on any atom is -0.466 e. The fourth-order valence-corrected chi connectivity index (χ4v) is 3.83. The number of ether oxygens (including phenoxy) is 2. The van der Waals surface area contributed by atoms with E-state index >= 15 is 0 Å². The SMILES string of the molecule is CCOC(=O)c1[nH]c2ccc(F)cc2c1NC(=O)C(C)N1CCC(C(=O)OCC)CC1. The Hall–Kier alpha value is -2.94. The molecule has 0 radical (unpaired) electrons. The maximum Gasteiger partial charge on any atom is 0.356 e. The summed E-state index contributed by atoms with van der Waals surface area (Å²) in [6, 6.07) is 3.54. The minimum atomic E-state index is -0.627. The number of aromatic amines is 1. The second-order valence-corrected chi connectivity index (χ2v) is 7.51. The maximum absolute atomic E-state index is 13.8. The smallest absolute Gasteiger partial charge is 0.356 e. The van der Waals surface area contributed by atoms with E-state index in [4.69, 9.17) is 9.47 Å². The van der Waals surface area contributed by atoms with E-state index in [1.807, 2.05) is 4.90 Å². The van der Waals surface area contributed by atoms with Crippen LogP contribution in [-0.4, -0.2) is 60.1 Å². The quantitative estimate of drug-likeness (QED) is 0.651. The summed E-state index contributed by atoms with van der Waals surface area (Å²) >= 11 is 0. The van der Waals surface area contributed by atoms with Gasteiger partial charge in [0.15, 0.2) is 0 Å². The number of nitrogens with zero attached hydrogens (tertiary/aromatic N) is 1. The number of H-pyrrole nitrogens is 1. The molecule has 0 aliphatic carbocycles. The second kappa shape index (κ2) is 9.91. The van der Waals surface area contributed by atoms with Crippen molar-refractivity contribution in [3.05, 3.63) is 29.7 Å². The highest BCUT2D eigenvalue weighted by Crippen LogP contribution is 2.30. The van der Waals surface area contributed by atoms with Gasteiger partial charge in [-0.1, -0.05) is 0 Å². The van der Waals surface area contributed by atoms with E-state index in [1.54, 1.807) is 20.8 Å². The van der Waals surface area contributed by atoms with Gasteiger partial charge in [-0.3, -0.25) is 14.5 Å². The second-order valence-electron chi connectivity index (χ2n) is 7.51. The molecule has 1 atom stereocenters. The standard InChI is InChI=1S/C22H28FN3O5/c1-4-30-21(28)14-8-10-26(11-9-14)13(3)20(27)25-18-16-12-15(23)6-7-17(16)24-19(18)22(29)31-5-2/h6-7,12-14,24H,4-5,8-11H2,1-3H3,(H,25,27). The van der Waals surface area contributed by atoms with Crippen molar-refractivity contribution >= 4 is 34.4 Å². The number of halogens is 1. The fraction of sp³-hybridized carbons (Fsp3) is 0.500. The van der Waals surface area contributed by atoms with E-state index in [9.17, 15) is 18.8 Å². The van der Waals surface area contributed by atoms with Crippen molar-refractivity contribution in [3.8, 4) is 0 Å². The van der Waals surface area contributed by atoms with Crippen LogP contribution in [0, 0.1) is 11.7 Å². The summed E-state index contributed by atoms with van der Waals surface area (Å²) < 4.78 is 24.0. The number of piperidine rings is 1. The molecule has 1 saturated heterocycles. The predicted molar refractivity (Wildman–Crippen MR) is 113 cm³/mol. The molecule has 2 N–H and O–H groups in total. The lowest BCUT2D eigenvalue weighted by atomic mass is 9.96. The number of nitrogens with one attached hydrogen (secondary N) is 2. The molecule has 1 amide bonds. The summed E-state index contributed by atoms with van der Waals surface area (Å²) in [4.78, 5) is 42.2. The molecule has 0 bridgehead atoms. The lowest BCUT2D eigenvalue weighted by molar-refractivity contribution is -0.149. The van der Waals surface area contributed by atoms with E-state index in [-0.39, 0.29) is 35.8 Å². The van der Waals surface area contributed by atoms with Gasteiger partial charge >= 0.3 is 11.9 Å². The monoisotopic (exact) mass is 433 g/mol. The summed E-state index contributed by atoms with van der Waals surface area (Å²) in [5, 5.41) is 3.17. The molecule has 31 heavy (non-hydrogen) atoms. The lowest BCUT2D eigenvalue weighted by Gasteiger charge is -2.34. The number of carbonyl (C=O) groups is 3. The molecule has 2 heterocycles. The molecule has 0 spiro atoms. The highest BCUT2D eigenvalue weighted by atomic mass is 19.1. The number of anilines is 1. The number of rotatable bonds is 7. The first-order chi connectivity index (χ1) is 14.8. The van der Waals surface area contributed by atoms with Crippen molar-refractivity contribution < 1.29 is 28.2 Å². The van der Waals surface area contributed by atoms with Gasteiger partial charge < -0.3 is 19.8 Å². The van der Waals surface area contributed by atoms with Crippen LogP contribution in [-0.2, 0) is 19.1 Å². The molecular weight excluding hydrogens is 405 g/mol. The van der Waals surface area contributed by atoms with Crippen LogP contribution in [0.5, 0.6) is 0 Å². The van der Waals surface area contributed by atoms with Crippen LogP contribution in [0.15, 0.2) is 18.2 Å². The molecule has 0 saturated carbocycles. The molecule has 1 unspecified atom stereocenters. The third-order valence-corrected chi connectivity index (χ3v) is 5.57. The van der Waals surface area contributed by atoms with Crippen molar-refractivity contribution in [1.29, 1.82) is 0 Å². The van der Waals surface area contributed by atoms with E-state index in [1.165, 1.54) is 18.2 Å². The Balaban J connectivity index is 1.75. The summed E-state index contributed by atoms with van der Waals surface area (Å²) in [7, 11) is 0. The zero-order valence-electron chi connectivity index (χ0n) is 18.0. The van der Waals surface area contributed by atoms with Crippen LogP contribution in [0.4, 0.5) is 10.1 Å². The van der Waals surface area contributed by atoms with Gasteiger partial charge in [0.2, 0.25) is 5.91 Å². The van der Waals surface area contributed by atoms with Crippen LogP contribution in [0.1, 0.15) is 44.1 Å². The van der Waals surface area contributed by atoms with E-state index in [0.29, 0.717) is 43.4 Å². The van der Waals surface area contributed by atoms with Crippen molar-refractivity contribution in [2.75, 3.05) is 31.6 Å². The van der Waals surface area contributed by atoms with Gasteiger partial charge in [0.1, 0.15) is 11.5 Å². The predicted octanol–water partition coefficient (Wildman–Crippen LogP) is 3.09. The first-order valence-corrected chi connectivity index (χ1v) is 10.6. The van der Waals surface area contributed by atoms with Crippen LogP contribution in [0.25, 0.3) is 10.9 Å². The summed E-state index contributed by atoms with van der Waals surface area (Å²) in [5.74, 6) is -1.79. The highest BCUT2D eigenvalue weighted by Gasteiger charge is 2.31. The first kappa shape index (κ1) is 22.7. The van der Waals surface area contributed by atoms with Crippen LogP contribution >= 0.6 is 0 Å². The van der Waals surface area contributed by atoms with Gasteiger partial charge in [0, 0.05) is 10.9 Å². The molecule has 2 aromatic rings. The van der Waals surface area contributed by atoms with Crippen LogP contribution in [0.2, 0.25) is 0 Å². The van der Waals surface area contributed by atoms with E-state index < -0.39 is 17.8 Å². The van der Waals surface area contributed by atoms with Gasteiger partial charge in [-0.05, 0) is 64.9 Å². The lowest BCUT2D eigenvalue weighted by Crippen LogP contribution is -2.47. The highest BCUT2D eigenvalue weighted by molar-refractivity contribution is 6.11. The number of carbonyl (C=O) groups excluding carboxylic acids is 3. The average Bonchev–Trinajstić information content (AvgIpc) is 3.11. The number of hydrogen-bond acceptors (Lipinski definition) is 6. The Kier molecular flexibility index (Phi) is 7.27. The van der Waals surface area contributed by atoms with E-state index in [0.717, 1.165) is 0 Å². The third-order valence-electron chi connectivity index (χ3n) is 5.57. The first-order valence-electron chi connectivity index (χ1n) is 10.6. The molecule has 1 aromatic heterocycles. The number of hydrogen-bond donors (Lipinski definition) is 2. The minimum absolute atomic E-state index is 0.0732. The van der Waals surface area contributed by atoms with Gasteiger partial charge in [-0.25, -0.2) is 9.18 Å². The molecule has 1 aliphatic heterocycles. The third kappa shape index (κ3) is 5.04. The van der Waals surface area contributed by atoms with Gasteiger partial charge in [0.05, 0.1) is 30.9 Å². The van der Waals surface area contributed by atoms with Crippen molar-refractivity contribution in [2.24, 2.45) is 5.92 Å². The average molecular weight is 433 g/mol.